The lowest BCUT2D eigenvalue weighted by Crippen LogP contribution is -2.44. The van der Waals surface area contributed by atoms with E-state index in [1.807, 2.05) is 0 Å². The zero-order chi connectivity index (χ0) is 79.5. The number of fused-ring (bicyclic) bond motifs is 9. The maximum atomic E-state index is 14.4. The molecule has 3 aromatic carbocycles. The molecule has 580 valence electrons. The highest BCUT2D eigenvalue weighted by Crippen LogP contribution is 2.34. The maximum absolute atomic E-state index is 14.4. The standard InChI is InChI=1S/C23H24F3N7O4.C23H25F2N7O4.C22H24ClF3N6O4/c1-12(24)9-30(3)21(34)17-11-33-20(22(35)31(4)37-17)13-10-32(8-7-15(13)29-33)23(36)28-16-6-5-14(25)19(27-2)18(16)26;1-13(24)10-29(3)21(33)19-12-32-20(22(34)30(4)36-19)15-11-31(8-7-17(15)28-32)23(35)27-14-5-6-16(25)18(9-14)26-2;1-11(24)8-29(2)20(33)18-10-32-19(21(34)30(3)36-18)12-9-31(5-4-16(12)28-32)22(35)27-17-6-13(23)14(25)7-15(17)26/h5-6,12,17H,7-11H2,1,3-4H3,(H,28,36);5-6,9,13,19H,7-8,10-12H2,1,3-4H3,(H,27,35);6-7,11,18H,4-5,8-10H2,1-3H3,(H,27,35). The number of halogens is 9. The van der Waals surface area contributed by atoms with E-state index in [4.69, 9.17) is 39.3 Å². The molecular weight excluding hydrogens is 1480 g/mol. The normalized spacial score (nSPS) is 18.1. The third kappa shape index (κ3) is 17.6. The number of alkyl halides is 3. The Balaban J connectivity index is 0.000000174. The number of likely N-dealkylation sites (N-methyl/N-ethyl adjacent to an activating group) is 3. The van der Waals surface area contributed by atoms with Crippen LogP contribution in [0.4, 0.5) is 77.9 Å². The van der Waals surface area contributed by atoms with Gasteiger partial charge in [-0.1, -0.05) is 11.6 Å². The van der Waals surface area contributed by atoms with Gasteiger partial charge in [0.1, 0.15) is 58.9 Å². The van der Waals surface area contributed by atoms with Gasteiger partial charge in [-0.3, -0.25) is 57.3 Å². The number of hydrogen-bond acceptors (Lipinski definition) is 15. The van der Waals surface area contributed by atoms with E-state index in [1.54, 1.807) is 0 Å². The van der Waals surface area contributed by atoms with E-state index >= 15 is 0 Å². The molecule has 12 rings (SSSR count). The van der Waals surface area contributed by atoms with Gasteiger partial charge in [0.15, 0.2) is 24.1 Å². The fraction of sp³-hybridized carbons (Fsp3) is 0.441. The third-order valence-corrected chi connectivity index (χ3v) is 18.3. The van der Waals surface area contributed by atoms with Crippen molar-refractivity contribution in [1.82, 2.24) is 73.9 Å². The van der Waals surface area contributed by atoms with Crippen molar-refractivity contribution in [2.75, 3.05) is 97.5 Å². The molecule has 12 amide bonds. The number of benzene rings is 3. The maximum Gasteiger partial charge on any atom is 0.322 e. The first-order chi connectivity index (χ1) is 51.5. The van der Waals surface area contributed by atoms with Crippen molar-refractivity contribution >= 4 is 93.6 Å². The molecule has 0 bridgehead atoms. The highest BCUT2D eigenvalue weighted by Gasteiger charge is 2.43. The second-order valence-corrected chi connectivity index (χ2v) is 26.7. The molecule has 109 heavy (non-hydrogen) atoms. The number of carbonyl (C=O) groups is 9. The van der Waals surface area contributed by atoms with Crippen LogP contribution in [0.2, 0.25) is 5.02 Å². The van der Waals surface area contributed by atoms with Gasteiger partial charge in [0.2, 0.25) is 5.69 Å². The minimum Gasteiger partial charge on any atom is -0.340 e. The lowest BCUT2D eigenvalue weighted by Gasteiger charge is -2.27. The van der Waals surface area contributed by atoms with Crippen LogP contribution in [0.5, 0.6) is 0 Å². The first-order valence-electron chi connectivity index (χ1n) is 33.7. The average Bonchev–Trinajstić information content (AvgIpc) is 1.63. The van der Waals surface area contributed by atoms with E-state index in [9.17, 15) is 78.3 Å². The molecule has 6 unspecified atom stereocenters. The molecule has 0 radical (unpaired) electrons. The van der Waals surface area contributed by atoms with Crippen LogP contribution in [-0.2, 0) is 87.4 Å². The molecule has 6 atom stereocenters. The number of nitrogens with one attached hydrogen (secondary N) is 3. The molecule has 6 aliphatic heterocycles. The number of rotatable bonds is 12. The Morgan fingerprint density at radius 1 is 0.523 bits per heavy atom. The lowest BCUT2D eigenvalue weighted by atomic mass is 10.1. The highest BCUT2D eigenvalue weighted by atomic mass is 35.5. The summed E-state index contributed by atoms with van der Waals surface area (Å²) in [6, 6.07) is 5.28. The molecule has 41 heteroatoms. The third-order valence-electron chi connectivity index (χ3n) is 18.0. The van der Waals surface area contributed by atoms with E-state index in [0.717, 1.165) is 39.5 Å². The Bertz CT molecular complexity index is 4700. The lowest BCUT2D eigenvalue weighted by molar-refractivity contribution is -0.176. The summed E-state index contributed by atoms with van der Waals surface area (Å²) in [6.45, 7) is 18.0. The summed E-state index contributed by atoms with van der Waals surface area (Å²) >= 11 is 5.69. The summed E-state index contributed by atoms with van der Waals surface area (Å²) in [7, 11) is 8.41. The summed E-state index contributed by atoms with van der Waals surface area (Å²) in [5.74, 6) is -8.04. The molecule has 0 saturated carbocycles. The van der Waals surface area contributed by atoms with Gasteiger partial charge in [-0.25, -0.2) is 74.4 Å². The number of amides is 12. The van der Waals surface area contributed by atoms with Crippen molar-refractivity contribution in [3.05, 3.63) is 150 Å². The van der Waals surface area contributed by atoms with E-state index in [1.165, 1.54) is 119 Å². The van der Waals surface area contributed by atoms with Crippen molar-refractivity contribution in [3.8, 4) is 0 Å². The van der Waals surface area contributed by atoms with Crippen LogP contribution in [0.1, 0.15) is 86.0 Å². The van der Waals surface area contributed by atoms with E-state index in [2.05, 4.69) is 40.9 Å². The molecule has 3 N–H and O–H groups in total. The summed E-state index contributed by atoms with van der Waals surface area (Å²) in [6.07, 6.45) is -6.10. The average molecular weight is 1550 g/mol. The van der Waals surface area contributed by atoms with Gasteiger partial charge in [0.25, 0.3) is 41.1 Å². The molecule has 6 aliphatic rings. The van der Waals surface area contributed by atoms with E-state index in [-0.39, 0.29) is 123 Å². The second kappa shape index (κ2) is 33.3. The fourth-order valence-electron chi connectivity index (χ4n) is 12.8. The number of hydroxylamine groups is 6. The molecule has 0 saturated heterocycles. The van der Waals surface area contributed by atoms with Crippen molar-refractivity contribution in [2.45, 2.75) is 116 Å². The molecule has 0 spiro atoms. The molecule has 0 aliphatic carbocycles. The minimum atomic E-state index is -1.25. The van der Waals surface area contributed by atoms with Gasteiger partial charge in [-0.05, 0) is 57.2 Å². The quantitative estimate of drug-likeness (QED) is 0.0608. The summed E-state index contributed by atoms with van der Waals surface area (Å²) in [5.41, 5.74) is 2.30. The van der Waals surface area contributed by atoms with Crippen LogP contribution in [0.25, 0.3) is 9.69 Å². The number of carbonyl (C=O) groups excluding carboxylic acids is 9. The topological polar surface area (TPSA) is 309 Å². The van der Waals surface area contributed by atoms with Gasteiger partial charge in [0.05, 0.1) is 106 Å². The summed E-state index contributed by atoms with van der Waals surface area (Å²) in [4.78, 5) is 147. The Morgan fingerprint density at radius 2 is 0.890 bits per heavy atom. The second-order valence-electron chi connectivity index (χ2n) is 26.3. The van der Waals surface area contributed by atoms with Crippen LogP contribution in [-0.4, -0.2) is 246 Å². The largest absolute Gasteiger partial charge is 0.340 e. The molecular formula is C68H73ClF8N20O12. The number of hydrogen-bond donors (Lipinski definition) is 3. The molecule has 32 nitrogen and oxygen atoms in total. The molecule has 9 heterocycles. The van der Waals surface area contributed by atoms with Crippen LogP contribution in [0.15, 0.2) is 42.5 Å². The van der Waals surface area contributed by atoms with Crippen molar-refractivity contribution < 1.29 is 92.8 Å². The fourth-order valence-corrected chi connectivity index (χ4v) is 12.9. The smallest absolute Gasteiger partial charge is 0.322 e. The van der Waals surface area contributed by atoms with Gasteiger partial charge in [-0.2, -0.15) is 15.3 Å². The van der Waals surface area contributed by atoms with Crippen molar-refractivity contribution in [1.29, 1.82) is 0 Å². The van der Waals surface area contributed by atoms with Crippen LogP contribution in [0.3, 0.4) is 0 Å². The predicted octanol–water partition coefficient (Wildman–Crippen LogP) is 7.48. The molecule has 3 aromatic heterocycles. The predicted molar refractivity (Wildman–Crippen MR) is 368 cm³/mol. The van der Waals surface area contributed by atoms with Crippen molar-refractivity contribution in [2.24, 2.45) is 0 Å². The Hall–Kier alpha value is -11.5. The highest BCUT2D eigenvalue weighted by molar-refractivity contribution is 6.31. The Labute approximate surface area is 621 Å². The molecule has 6 aromatic rings. The van der Waals surface area contributed by atoms with Crippen LogP contribution >= 0.6 is 11.6 Å². The van der Waals surface area contributed by atoms with Gasteiger partial charge in [-0.15, -0.1) is 0 Å². The SMILES string of the molecule is CC(F)CN(C)C(=O)C1Cn2nc3c(c2C(=O)N(C)O1)CN(C(=O)Nc1cc(Cl)c(F)cc1F)CC3.[C-]#[N+]c1c(F)ccc(NC(=O)N2CCc3nn4c(c3C2)C(=O)N(C)OC(C(=O)N(C)CC(C)F)C4)c1F.[C-]#[N+]c1cc(NC(=O)N2CCc3nn4c(c3C2)C(=O)N(C)OC(C(=O)N(C)CC(C)F)C4)ccc1F. The summed E-state index contributed by atoms with van der Waals surface area (Å²) in [5, 5.41) is 23.2. The minimum absolute atomic E-state index is 0.0233. The van der Waals surface area contributed by atoms with Crippen molar-refractivity contribution in [3.63, 3.8) is 0 Å². The molecule has 0 fully saturated rings. The number of aromatic nitrogens is 6. The van der Waals surface area contributed by atoms with Crippen LogP contribution in [0, 0.1) is 42.2 Å². The Morgan fingerprint density at radius 3 is 1.26 bits per heavy atom. The monoisotopic (exact) mass is 1550 g/mol. The van der Waals surface area contributed by atoms with E-state index < -0.39 is 125 Å². The van der Waals surface area contributed by atoms with Gasteiger partial charge < -0.3 is 45.3 Å². The zero-order valence-electron chi connectivity index (χ0n) is 60.0. The first kappa shape index (κ1) is 80.1. The number of nitrogens with zero attached hydrogens (tertiary/aromatic N) is 17. The number of urea groups is 3. The zero-order valence-corrected chi connectivity index (χ0v) is 60.8. The Kier molecular flexibility index (Phi) is 24.5. The van der Waals surface area contributed by atoms with Crippen LogP contribution < -0.4 is 16.0 Å². The van der Waals surface area contributed by atoms with E-state index in [0.29, 0.717) is 59.2 Å². The summed E-state index contributed by atoms with van der Waals surface area (Å²) < 4.78 is 113. The number of anilines is 3. The first-order valence-corrected chi connectivity index (χ1v) is 34.1. The van der Waals surface area contributed by atoms with Gasteiger partial charge in [0, 0.05) is 110 Å². The van der Waals surface area contributed by atoms with Gasteiger partial charge >= 0.3 is 18.1 Å².